The molecule has 5 nitrogen and oxygen atoms in total. The molecule has 2 aliphatic heterocycles. The van der Waals surface area contributed by atoms with Gasteiger partial charge in [0.25, 0.3) is 0 Å². The van der Waals surface area contributed by atoms with E-state index in [0.29, 0.717) is 41.7 Å². The van der Waals surface area contributed by atoms with Gasteiger partial charge in [0.05, 0.1) is 31.5 Å². The van der Waals surface area contributed by atoms with Gasteiger partial charge in [0.15, 0.2) is 5.78 Å². The van der Waals surface area contributed by atoms with Crippen LogP contribution < -0.4 is 9.47 Å². The summed E-state index contributed by atoms with van der Waals surface area (Å²) in [5.74, 6) is 1.20. The van der Waals surface area contributed by atoms with Gasteiger partial charge < -0.3 is 18.9 Å². The van der Waals surface area contributed by atoms with Crippen LogP contribution in [0.2, 0.25) is 5.02 Å². The second kappa shape index (κ2) is 8.30. The predicted octanol–water partition coefficient (Wildman–Crippen LogP) is 3.91. The smallest absolute Gasteiger partial charge is 0.194 e. The molecule has 2 fully saturated rings. The van der Waals surface area contributed by atoms with Gasteiger partial charge in [-0.2, -0.15) is 0 Å². The number of halogens is 1. The fourth-order valence-corrected chi connectivity index (χ4v) is 3.39. The zero-order chi connectivity index (χ0) is 18.6. The van der Waals surface area contributed by atoms with E-state index in [9.17, 15) is 4.79 Å². The zero-order valence-electron chi connectivity index (χ0n) is 14.9. The topological polar surface area (TPSA) is 54.0 Å². The van der Waals surface area contributed by atoms with Gasteiger partial charge in [-0.3, -0.25) is 4.79 Å². The third-order valence-corrected chi connectivity index (χ3v) is 5.01. The van der Waals surface area contributed by atoms with Crippen molar-refractivity contribution in [1.82, 2.24) is 0 Å². The van der Waals surface area contributed by atoms with Crippen molar-refractivity contribution in [3.63, 3.8) is 0 Å². The molecular formula is C21H21ClO5. The largest absolute Gasteiger partial charge is 0.488 e. The van der Waals surface area contributed by atoms with Crippen molar-refractivity contribution in [2.45, 2.75) is 25.0 Å². The Morgan fingerprint density at radius 1 is 0.889 bits per heavy atom. The molecule has 4 rings (SSSR count). The first-order chi connectivity index (χ1) is 13.2. The molecule has 0 radical (unpaired) electrons. The van der Waals surface area contributed by atoms with Crippen LogP contribution in [0.1, 0.15) is 28.8 Å². The standard InChI is InChI=1S/C21H21ClO5/c22-20-6-5-16(27-18-8-10-25-13-18)11-19(20)21(23)14-1-3-15(4-2-14)26-17-7-9-24-12-17/h1-6,11,17-18H,7-10,12-13H2/t17-,18-/m0/s1. The lowest BCUT2D eigenvalue weighted by Crippen LogP contribution is -2.16. The second-order valence-electron chi connectivity index (χ2n) is 6.70. The number of ether oxygens (including phenoxy) is 4. The molecule has 2 heterocycles. The normalized spacial score (nSPS) is 22.0. The van der Waals surface area contributed by atoms with Crippen LogP contribution in [0.4, 0.5) is 0 Å². The number of hydrogen-bond donors (Lipinski definition) is 0. The molecule has 2 saturated heterocycles. The lowest BCUT2D eigenvalue weighted by Gasteiger charge is -2.14. The summed E-state index contributed by atoms with van der Waals surface area (Å²) < 4.78 is 22.3. The number of hydrogen-bond acceptors (Lipinski definition) is 5. The average molecular weight is 389 g/mol. The molecule has 27 heavy (non-hydrogen) atoms. The van der Waals surface area contributed by atoms with Crippen molar-refractivity contribution < 1.29 is 23.7 Å². The second-order valence-corrected chi connectivity index (χ2v) is 7.11. The summed E-state index contributed by atoms with van der Waals surface area (Å²) in [6.45, 7) is 2.60. The summed E-state index contributed by atoms with van der Waals surface area (Å²) in [5.41, 5.74) is 0.971. The molecule has 0 aliphatic carbocycles. The Hall–Kier alpha value is -2.08. The van der Waals surface area contributed by atoms with E-state index in [-0.39, 0.29) is 18.0 Å². The van der Waals surface area contributed by atoms with E-state index < -0.39 is 0 Å². The van der Waals surface area contributed by atoms with Gasteiger partial charge >= 0.3 is 0 Å². The van der Waals surface area contributed by atoms with E-state index >= 15 is 0 Å². The summed E-state index contributed by atoms with van der Waals surface area (Å²) in [6, 6.07) is 12.3. The van der Waals surface area contributed by atoms with Gasteiger partial charge in [0.1, 0.15) is 23.7 Å². The lowest BCUT2D eigenvalue weighted by molar-refractivity contribution is 0.103. The molecule has 0 amide bonds. The SMILES string of the molecule is O=C(c1ccc(O[C@H]2CCOC2)cc1)c1cc(O[C@H]2CCOC2)ccc1Cl. The highest BCUT2D eigenvalue weighted by Crippen LogP contribution is 2.27. The zero-order valence-corrected chi connectivity index (χ0v) is 15.6. The third-order valence-electron chi connectivity index (χ3n) is 4.68. The van der Waals surface area contributed by atoms with Gasteiger partial charge in [0.2, 0.25) is 0 Å². The Labute approximate surface area is 163 Å². The Bertz CT molecular complexity index is 793. The maximum Gasteiger partial charge on any atom is 0.194 e. The first-order valence-corrected chi connectivity index (χ1v) is 9.50. The van der Waals surface area contributed by atoms with Gasteiger partial charge in [-0.15, -0.1) is 0 Å². The van der Waals surface area contributed by atoms with Crippen molar-refractivity contribution in [2.75, 3.05) is 26.4 Å². The van der Waals surface area contributed by atoms with E-state index in [2.05, 4.69) is 0 Å². The summed E-state index contributed by atoms with van der Waals surface area (Å²) in [5, 5.41) is 0.401. The van der Waals surface area contributed by atoms with E-state index in [0.717, 1.165) is 25.2 Å². The predicted molar refractivity (Wildman–Crippen MR) is 101 cm³/mol. The van der Waals surface area contributed by atoms with Crippen molar-refractivity contribution in [3.8, 4) is 11.5 Å². The fourth-order valence-electron chi connectivity index (χ4n) is 3.19. The summed E-state index contributed by atoms with van der Waals surface area (Å²) in [7, 11) is 0. The fraction of sp³-hybridized carbons (Fsp3) is 0.381. The summed E-state index contributed by atoms with van der Waals surface area (Å²) >= 11 is 6.26. The molecule has 0 N–H and O–H groups in total. The van der Waals surface area contributed by atoms with Crippen molar-refractivity contribution in [1.29, 1.82) is 0 Å². The van der Waals surface area contributed by atoms with Crippen LogP contribution in [0.5, 0.6) is 11.5 Å². The number of carbonyl (C=O) groups excluding carboxylic acids is 1. The van der Waals surface area contributed by atoms with E-state index in [1.807, 2.05) is 0 Å². The molecule has 0 saturated carbocycles. The van der Waals surface area contributed by atoms with Gasteiger partial charge in [-0.05, 0) is 42.5 Å². The van der Waals surface area contributed by atoms with E-state index in [4.69, 9.17) is 30.5 Å². The van der Waals surface area contributed by atoms with Crippen molar-refractivity contribution >= 4 is 17.4 Å². The van der Waals surface area contributed by atoms with Crippen LogP contribution in [0.15, 0.2) is 42.5 Å². The van der Waals surface area contributed by atoms with Gasteiger partial charge in [-0.25, -0.2) is 0 Å². The minimum Gasteiger partial charge on any atom is -0.488 e. The highest BCUT2D eigenvalue weighted by molar-refractivity contribution is 6.35. The molecule has 142 valence electrons. The van der Waals surface area contributed by atoms with Gasteiger partial charge in [0, 0.05) is 24.0 Å². The summed E-state index contributed by atoms with van der Waals surface area (Å²) in [6.07, 6.45) is 1.83. The maximum atomic E-state index is 12.9. The molecular weight excluding hydrogens is 368 g/mol. The van der Waals surface area contributed by atoms with E-state index in [1.54, 1.807) is 42.5 Å². The molecule has 0 unspecified atom stereocenters. The van der Waals surface area contributed by atoms with Crippen LogP contribution in [0.25, 0.3) is 0 Å². The molecule has 6 heteroatoms. The Morgan fingerprint density at radius 3 is 2.07 bits per heavy atom. The minimum absolute atomic E-state index is 0.0186. The molecule has 2 atom stereocenters. The first-order valence-electron chi connectivity index (χ1n) is 9.12. The summed E-state index contributed by atoms with van der Waals surface area (Å²) in [4.78, 5) is 12.9. The molecule has 2 aromatic carbocycles. The first kappa shape index (κ1) is 18.3. The monoisotopic (exact) mass is 388 g/mol. The minimum atomic E-state index is -0.149. The molecule has 2 aliphatic rings. The van der Waals surface area contributed by atoms with Crippen LogP contribution in [-0.2, 0) is 9.47 Å². The van der Waals surface area contributed by atoms with Crippen molar-refractivity contribution in [3.05, 3.63) is 58.6 Å². The number of carbonyl (C=O) groups is 1. The molecule has 2 aromatic rings. The Kier molecular flexibility index (Phi) is 5.62. The van der Waals surface area contributed by atoms with Crippen LogP contribution >= 0.6 is 11.6 Å². The average Bonchev–Trinajstić information content (AvgIpc) is 3.38. The highest BCUT2D eigenvalue weighted by atomic mass is 35.5. The molecule has 0 bridgehead atoms. The maximum absolute atomic E-state index is 12.9. The Morgan fingerprint density at radius 2 is 1.48 bits per heavy atom. The number of ketones is 1. The third kappa shape index (κ3) is 4.43. The van der Waals surface area contributed by atoms with Crippen molar-refractivity contribution in [2.24, 2.45) is 0 Å². The lowest BCUT2D eigenvalue weighted by atomic mass is 10.0. The Balaban J connectivity index is 1.47. The number of benzene rings is 2. The quantitative estimate of drug-likeness (QED) is 0.702. The molecule has 0 aromatic heterocycles. The van der Waals surface area contributed by atoms with Crippen LogP contribution in [-0.4, -0.2) is 44.4 Å². The number of rotatable bonds is 6. The van der Waals surface area contributed by atoms with Gasteiger partial charge in [-0.1, -0.05) is 11.6 Å². The van der Waals surface area contributed by atoms with Crippen LogP contribution in [0, 0.1) is 0 Å². The van der Waals surface area contributed by atoms with Crippen LogP contribution in [0.3, 0.4) is 0 Å². The highest BCUT2D eigenvalue weighted by Gasteiger charge is 2.20. The molecule has 0 spiro atoms. The van der Waals surface area contributed by atoms with E-state index in [1.165, 1.54) is 0 Å².